The number of hydrogen-bond donors (Lipinski definition) is 2. The van der Waals surface area contributed by atoms with Gasteiger partial charge in [-0.1, -0.05) is 13.8 Å². The second-order valence-electron chi connectivity index (χ2n) is 5.78. The zero-order chi connectivity index (χ0) is 15.6. The maximum absolute atomic E-state index is 13.8. The summed E-state index contributed by atoms with van der Waals surface area (Å²) in [7, 11) is 0. The minimum absolute atomic E-state index is 0.00382. The Hall–Kier alpha value is -2.11. The van der Waals surface area contributed by atoms with Gasteiger partial charge < -0.3 is 15.3 Å². The van der Waals surface area contributed by atoms with E-state index in [0.29, 0.717) is 24.9 Å². The van der Waals surface area contributed by atoms with Gasteiger partial charge in [0.25, 0.3) is 0 Å². The number of rotatable bonds is 2. The number of carbonyl (C=O) groups is 2. The summed E-state index contributed by atoms with van der Waals surface area (Å²) in [4.78, 5) is 24.6. The lowest BCUT2D eigenvalue weighted by molar-refractivity contribution is 0.0696. The van der Waals surface area contributed by atoms with Gasteiger partial charge in [0.2, 0.25) is 0 Å². The van der Waals surface area contributed by atoms with E-state index >= 15 is 0 Å². The monoisotopic (exact) mass is 294 g/mol. The van der Waals surface area contributed by atoms with Gasteiger partial charge >= 0.3 is 12.0 Å². The number of anilines is 1. The molecule has 1 heterocycles. The molecule has 0 aliphatic carbocycles. The summed E-state index contributed by atoms with van der Waals surface area (Å²) in [5.41, 5.74) is -0.151. The van der Waals surface area contributed by atoms with Crippen molar-refractivity contribution in [1.29, 1.82) is 0 Å². The summed E-state index contributed by atoms with van der Waals surface area (Å²) in [6.07, 6.45) is 1.07. The van der Waals surface area contributed by atoms with Crippen LogP contribution in [-0.4, -0.2) is 35.1 Å². The van der Waals surface area contributed by atoms with E-state index in [2.05, 4.69) is 19.2 Å². The number of carboxylic acids is 1. The van der Waals surface area contributed by atoms with E-state index in [9.17, 15) is 14.0 Å². The molecule has 0 aromatic heterocycles. The maximum Gasteiger partial charge on any atom is 0.335 e. The van der Waals surface area contributed by atoms with Gasteiger partial charge in [-0.05, 0) is 36.5 Å². The molecule has 1 aliphatic heterocycles. The predicted octanol–water partition coefficient (Wildman–Crippen LogP) is 3.03. The Balaban J connectivity index is 2.07. The summed E-state index contributed by atoms with van der Waals surface area (Å²) >= 11 is 0. The molecule has 2 amide bonds. The molecule has 0 spiro atoms. The van der Waals surface area contributed by atoms with Gasteiger partial charge in [0.1, 0.15) is 5.82 Å². The van der Waals surface area contributed by atoms with Crippen molar-refractivity contribution in [2.24, 2.45) is 11.8 Å². The number of halogens is 1. The highest BCUT2D eigenvalue weighted by molar-refractivity contribution is 5.91. The lowest BCUT2D eigenvalue weighted by atomic mass is 9.92. The van der Waals surface area contributed by atoms with Crippen molar-refractivity contribution >= 4 is 17.7 Å². The topological polar surface area (TPSA) is 69.6 Å². The quantitative estimate of drug-likeness (QED) is 0.880. The Morgan fingerprint density at radius 1 is 1.29 bits per heavy atom. The van der Waals surface area contributed by atoms with Crippen molar-refractivity contribution in [2.45, 2.75) is 20.3 Å². The number of nitrogens with one attached hydrogen (secondary N) is 1. The Kier molecular flexibility index (Phi) is 4.45. The van der Waals surface area contributed by atoms with Gasteiger partial charge in [0.05, 0.1) is 11.3 Å². The first-order chi connectivity index (χ1) is 9.86. The van der Waals surface area contributed by atoms with Crippen molar-refractivity contribution in [3.05, 3.63) is 29.6 Å². The first-order valence-corrected chi connectivity index (χ1v) is 6.95. The highest BCUT2D eigenvalue weighted by Crippen LogP contribution is 2.22. The molecular formula is C15H19FN2O3. The Labute approximate surface area is 122 Å². The van der Waals surface area contributed by atoms with Crippen LogP contribution in [0, 0.1) is 17.7 Å². The van der Waals surface area contributed by atoms with E-state index in [1.165, 1.54) is 12.1 Å². The molecule has 2 unspecified atom stereocenters. The van der Waals surface area contributed by atoms with Crippen LogP contribution in [0.25, 0.3) is 0 Å². The fraction of sp³-hybridized carbons (Fsp3) is 0.467. The summed E-state index contributed by atoms with van der Waals surface area (Å²) < 4.78 is 13.8. The van der Waals surface area contributed by atoms with E-state index in [1.807, 2.05) is 0 Å². The van der Waals surface area contributed by atoms with E-state index < -0.39 is 11.8 Å². The fourth-order valence-electron chi connectivity index (χ4n) is 2.77. The largest absolute Gasteiger partial charge is 0.478 e. The summed E-state index contributed by atoms with van der Waals surface area (Å²) in [6.45, 7) is 5.45. The summed E-state index contributed by atoms with van der Waals surface area (Å²) in [6, 6.07) is 3.09. The van der Waals surface area contributed by atoms with Crippen LogP contribution in [0.1, 0.15) is 30.6 Å². The second kappa shape index (κ2) is 6.11. The van der Waals surface area contributed by atoms with Crippen molar-refractivity contribution in [1.82, 2.24) is 4.90 Å². The second-order valence-corrected chi connectivity index (χ2v) is 5.78. The highest BCUT2D eigenvalue weighted by Gasteiger charge is 2.25. The highest BCUT2D eigenvalue weighted by atomic mass is 19.1. The molecule has 5 nitrogen and oxygen atoms in total. The van der Waals surface area contributed by atoms with Gasteiger partial charge in [-0.15, -0.1) is 0 Å². The standard InChI is InChI=1S/C15H19FN2O3/c1-9-5-10(2)8-18(7-9)15(21)17-13-4-3-11(14(19)20)6-12(13)16/h3-4,6,9-10H,5,7-8H2,1-2H3,(H,17,21)(H,19,20). The van der Waals surface area contributed by atoms with Gasteiger partial charge in [-0.25, -0.2) is 14.0 Å². The number of hydrogen-bond acceptors (Lipinski definition) is 2. The van der Waals surface area contributed by atoms with E-state index in [1.54, 1.807) is 4.90 Å². The van der Waals surface area contributed by atoms with Crippen LogP contribution in [0.3, 0.4) is 0 Å². The molecule has 1 fully saturated rings. The van der Waals surface area contributed by atoms with Crippen LogP contribution in [-0.2, 0) is 0 Å². The van der Waals surface area contributed by atoms with E-state index in [0.717, 1.165) is 12.5 Å². The number of urea groups is 1. The molecule has 2 rings (SSSR count). The number of likely N-dealkylation sites (tertiary alicyclic amines) is 1. The van der Waals surface area contributed by atoms with Crippen molar-refractivity contribution in [3.63, 3.8) is 0 Å². The minimum Gasteiger partial charge on any atom is -0.478 e. The molecule has 114 valence electrons. The van der Waals surface area contributed by atoms with Gasteiger partial charge in [0.15, 0.2) is 0 Å². The van der Waals surface area contributed by atoms with Crippen LogP contribution >= 0.6 is 0 Å². The van der Waals surface area contributed by atoms with Crippen molar-refractivity contribution in [2.75, 3.05) is 18.4 Å². The molecule has 0 radical (unpaired) electrons. The van der Waals surface area contributed by atoms with Crippen molar-refractivity contribution in [3.8, 4) is 0 Å². The number of benzene rings is 1. The number of piperidine rings is 1. The Morgan fingerprint density at radius 2 is 1.90 bits per heavy atom. The number of nitrogens with zero attached hydrogens (tertiary/aromatic N) is 1. The van der Waals surface area contributed by atoms with Crippen LogP contribution in [0.4, 0.5) is 14.9 Å². The third-order valence-corrected chi connectivity index (χ3v) is 3.61. The van der Waals surface area contributed by atoms with Crippen LogP contribution < -0.4 is 5.32 Å². The van der Waals surface area contributed by atoms with E-state index in [4.69, 9.17) is 5.11 Å². The molecule has 1 aliphatic rings. The number of carbonyl (C=O) groups excluding carboxylic acids is 1. The molecular weight excluding hydrogens is 275 g/mol. The SMILES string of the molecule is CC1CC(C)CN(C(=O)Nc2ccc(C(=O)O)cc2F)C1. The third kappa shape index (κ3) is 3.71. The lowest BCUT2D eigenvalue weighted by Crippen LogP contribution is -2.44. The number of amides is 2. The third-order valence-electron chi connectivity index (χ3n) is 3.61. The normalized spacial score (nSPS) is 22.0. The lowest BCUT2D eigenvalue weighted by Gasteiger charge is -2.34. The smallest absolute Gasteiger partial charge is 0.335 e. The molecule has 2 N–H and O–H groups in total. The molecule has 21 heavy (non-hydrogen) atoms. The van der Waals surface area contributed by atoms with E-state index in [-0.39, 0.29) is 17.3 Å². The molecule has 6 heteroatoms. The first kappa shape index (κ1) is 15.3. The number of carboxylic acid groups (broad SMARTS) is 1. The predicted molar refractivity (Wildman–Crippen MR) is 76.9 cm³/mol. The minimum atomic E-state index is -1.20. The molecule has 2 atom stereocenters. The number of aromatic carboxylic acids is 1. The maximum atomic E-state index is 13.8. The fourth-order valence-corrected chi connectivity index (χ4v) is 2.77. The molecule has 0 saturated carbocycles. The zero-order valence-electron chi connectivity index (χ0n) is 12.1. The summed E-state index contributed by atoms with van der Waals surface area (Å²) in [5.74, 6) is -1.12. The van der Waals surface area contributed by atoms with Gasteiger partial charge in [0, 0.05) is 13.1 Å². The first-order valence-electron chi connectivity index (χ1n) is 6.95. The summed E-state index contributed by atoms with van der Waals surface area (Å²) in [5, 5.41) is 11.3. The molecule has 1 saturated heterocycles. The van der Waals surface area contributed by atoms with Gasteiger partial charge in [-0.2, -0.15) is 0 Å². The van der Waals surface area contributed by atoms with Crippen molar-refractivity contribution < 1.29 is 19.1 Å². The Bertz CT molecular complexity index is 552. The molecule has 1 aromatic carbocycles. The molecule has 1 aromatic rings. The Morgan fingerprint density at radius 3 is 2.43 bits per heavy atom. The average molecular weight is 294 g/mol. The van der Waals surface area contributed by atoms with Crippen LogP contribution in [0.2, 0.25) is 0 Å². The van der Waals surface area contributed by atoms with Crippen LogP contribution in [0.15, 0.2) is 18.2 Å². The zero-order valence-corrected chi connectivity index (χ0v) is 12.1. The molecule has 0 bridgehead atoms. The van der Waals surface area contributed by atoms with Gasteiger partial charge in [-0.3, -0.25) is 0 Å². The van der Waals surface area contributed by atoms with Crippen LogP contribution in [0.5, 0.6) is 0 Å². The average Bonchev–Trinajstić information content (AvgIpc) is 2.39.